The number of sulfonamides is 1. The first kappa shape index (κ1) is 19.6. The zero-order chi connectivity index (χ0) is 20.4. The molecule has 0 aliphatic carbocycles. The largest absolute Gasteiger partial charge is 0.497 e. The third kappa shape index (κ3) is 4.02. The van der Waals surface area contributed by atoms with E-state index in [1.807, 2.05) is 6.07 Å². The lowest BCUT2D eigenvalue weighted by Gasteiger charge is -2.31. The predicted molar refractivity (Wildman–Crippen MR) is 108 cm³/mol. The van der Waals surface area contributed by atoms with Crippen molar-refractivity contribution < 1.29 is 18.1 Å². The number of piperazine rings is 1. The Morgan fingerprint density at radius 3 is 2.52 bits per heavy atom. The summed E-state index contributed by atoms with van der Waals surface area (Å²) in [5.41, 5.74) is 1.24. The van der Waals surface area contributed by atoms with Gasteiger partial charge in [-0.3, -0.25) is 9.20 Å². The van der Waals surface area contributed by atoms with Crippen molar-refractivity contribution in [1.29, 1.82) is 0 Å². The van der Waals surface area contributed by atoms with E-state index in [9.17, 15) is 13.2 Å². The zero-order valence-electron chi connectivity index (χ0n) is 16.1. The van der Waals surface area contributed by atoms with Gasteiger partial charge < -0.3 is 9.64 Å². The molecule has 152 valence electrons. The molecule has 0 amide bonds. The maximum Gasteiger partial charge on any atom is 0.258 e. The van der Waals surface area contributed by atoms with Gasteiger partial charge in [0, 0.05) is 12.3 Å². The Morgan fingerprint density at radius 1 is 1.10 bits per heavy atom. The summed E-state index contributed by atoms with van der Waals surface area (Å²) in [6, 6.07) is 13.4. The molecule has 1 N–H and O–H groups in total. The second-order valence-corrected chi connectivity index (χ2v) is 8.96. The van der Waals surface area contributed by atoms with Gasteiger partial charge in [0.25, 0.3) is 5.56 Å². The molecule has 0 spiro atoms. The van der Waals surface area contributed by atoms with Gasteiger partial charge >= 0.3 is 0 Å². The molecule has 9 heteroatoms. The number of fused-ring (bicyclic) bond motifs is 1. The van der Waals surface area contributed by atoms with E-state index in [2.05, 4.69) is 4.98 Å². The molecule has 3 aromatic rings. The number of methoxy groups -OCH3 is 1. The summed E-state index contributed by atoms with van der Waals surface area (Å²) in [7, 11) is -1.98. The van der Waals surface area contributed by atoms with Crippen molar-refractivity contribution in [2.24, 2.45) is 0 Å². The molecule has 0 atom stereocenters. The number of nitrogens with zero attached hydrogens (tertiary/aromatic N) is 3. The van der Waals surface area contributed by atoms with Gasteiger partial charge in [-0.05, 0) is 36.4 Å². The summed E-state index contributed by atoms with van der Waals surface area (Å²) in [5.74, 6) is 0.622. The quantitative estimate of drug-likeness (QED) is 0.624. The molecule has 1 fully saturated rings. The fourth-order valence-corrected chi connectivity index (χ4v) is 5.01. The van der Waals surface area contributed by atoms with Gasteiger partial charge in [-0.2, -0.15) is 4.31 Å². The van der Waals surface area contributed by atoms with E-state index in [4.69, 9.17) is 4.74 Å². The second-order valence-electron chi connectivity index (χ2n) is 7.02. The van der Waals surface area contributed by atoms with Crippen LogP contribution in [0.25, 0.3) is 5.65 Å². The van der Waals surface area contributed by atoms with Gasteiger partial charge in [-0.15, -0.1) is 0 Å². The van der Waals surface area contributed by atoms with Crippen LogP contribution in [0.3, 0.4) is 0 Å². The Hall–Kier alpha value is -2.75. The number of rotatable bonds is 5. The van der Waals surface area contributed by atoms with Crippen LogP contribution in [0, 0.1) is 0 Å². The van der Waals surface area contributed by atoms with Gasteiger partial charge in [0.15, 0.2) is 0 Å². The molecular weight excluding hydrogens is 392 g/mol. The Morgan fingerprint density at radius 2 is 1.83 bits per heavy atom. The average Bonchev–Trinajstić information content (AvgIpc) is 2.74. The van der Waals surface area contributed by atoms with Crippen LogP contribution in [0.5, 0.6) is 5.75 Å². The van der Waals surface area contributed by atoms with Crippen LogP contribution in [0.2, 0.25) is 0 Å². The van der Waals surface area contributed by atoms with E-state index in [1.165, 1.54) is 13.6 Å². The van der Waals surface area contributed by atoms with Crippen molar-refractivity contribution in [3.63, 3.8) is 0 Å². The minimum absolute atomic E-state index is 0.106. The van der Waals surface area contributed by atoms with Crippen molar-refractivity contribution >= 4 is 15.7 Å². The van der Waals surface area contributed by atoms with Gasteiger partial charge in [-0.25, -0.2) is 13.4 Å². The predicted octanol–water partition coefficient (Wildman–Crippen LogP) is -0.207. The van der Waals surface area contributed by atoms with Gasteiger partial charge in [-0.1, -0.05) is 6.07 Å². The van der Waals surface area contributed by atoms with Crippen molar-refractivity contribution in [2.45, 2.75) is 11.4 Å². The number of hydrogen-bond acceptors (Lipinski definition) is 5. The molecule has 1 aliphatic heterocycles. The maximum atomic E-state index is 12.9. The molecule has 4 rings (SSSR count). The number of hydrogen-bond donors (Lipinski definition) is 1. The monoisotopic (exact) mass is 415 g/mol. The summed E-state index contributed by atoms with van der Waals surface area (Å²) in [6.45, 7) is 2.76. The van der Waals surface area contributed by atoms with Crippen molar-refractivity contribution in [3.8, 4) is 5.75 Å². The summed E-state index contributed by atoms with van der Waals surface area (Å²) in [4.78, 5) is 18.3. The topological polar surface area (TPSA) is 85.4 Å². The molecule has 0 bridgehead atoms. The molecule has 1 aromatic carbocycles. The minimum Gasteiger partial charge on any atom is -0.497 e. The van der Waals surface area contributed by atoms with Crippen molar-refractivity contribution in [2.75, 3.05) is 33.3 Å². The highest BCUT2D eigenvalue weighted by atomic mass is 32.2. The number of pyridine rings is 1. The fourth-order valence-electron chi connectivity index (χ4n) is 3.57. The fraction of sp³-hybridized carbons (Fsp3) is 0.300. The van der Waals surface area contributed by atoms with Crippen LogP contribution in [0.1, 0.15) is 5.69 Å². The Labute approximate surface area is 169 Å². The number of quaternary nitrogens is 1. The lowest BCUT2D eigenvalue weighted by atomic mass is 10.3. The summed E-state index contributed by atoms with van der Waals surface area (Å²) in [5, 5.41) is 0. The van der Waals surface area contributed by atoms with Crippen LogP contribution < -0.4 is 15.2 Å². The van der Waals surface area contributed by atoms with Crippen LogP contribution in [-0.4, -0.2) is 55.4 Å². The molecule has 1 saturated heterocycles. The van der Waals surface area contributed by atoms with E-state index in [0.29, 0.717) is 44.1 Å². The lowest BCUT2D eigenvalue weighted by Crippen LogP contribution is -3.13. The van der Waals surface area contributed by atoms with Crippen LogP contribution in [-0.2, 0) is 16.6 Å². The molecule has 8 nitrogen and oxygen atoms in total. The Kier molecular flexibility index (Phi) is 5.35. The van der Waals surface area contributed by atoms with E-state index in [-0.39, 0.29) is 10.5 Å². The summed E-state index contributed by atoms with van der Waals surface area (Å²) in [6.07, 6.45) is 1.70. The van der Waals surface area contributed by atoms with Crippen LogP contribution >= 0.6 is 0 Å². The standard InChI is InChI=1S/C20H22N4O4S/c1-28-17-5-7-18(8-6-17)29(26,27)23-12-10-22(11-13-23)15-16-14-20(25)24-9-3-2-4-19(24)21-16/h2-9,14H,10-13,15H2,1H3/p+1. The molecule has 3 heterocycles. The highest BCUT2D eigenvalue weighted by Gasteiger charge is 2.30. The molecule has 1 aliphatic rings. The SMILES string of the molecule is COc1ccc(S(=O)(=O)N2CC[NH+](Cc3cc(=O)n4ccccc4n3)CC2)cc1. The summed E-state index contributed by atoms with van der Waals surface area (Å²) < 4.78 is 33.8. The van der Waals surface area contributed by atoms with Gasteiger partial charge in [0.2, 0.25) is 10.0 Å². The average molecular weight is 415 g/mol. The zero-order valence-corrected chi connectivity index (χ0v) is 16.9. The summed E-state index contributed by atoms with van der Waals surface area (Å²) >= 11 is 0. The van der Waals surface area contributed by atoms with Crippen molar-refractivity contribution in [3.05, 3.63) is 70.8 Å². The van der Waals surface area contributed by atoms with Crippen LogP contribution in [0.4, 0.5) is 0 Å². The highest BCUT2D eigenvalue weighted by Crippen LogP contribution is 2.19. The smallest absolute Gasteiger partial charge is 0.258 e. The first-order chi connectivity index (χ1) is 14.0. The van der Waals surface area contributed by atoms with E-state index in [1.54, 1.807) is 55.8 Å². The molecule has 2 aromatic heterocycles. The first-order valence-electron chi connectivity index (χ1n) is 9.42. The van der Waals surface area contributed by atoms with Gasteiger partial charge in [0.1, 0.15) is 23.6 Å². The van der Waals surface area contributed by atoms with Crippen LogP contribution in [0.15, 0.2) is 64.4 Å². The lowest BCUT2D eigenvalue weighted by molar-refractivity contribution is -0.917. The second kappa shape index (κ2) is 7.94. The number of ether oxygens (including phenoxy) is 1. The maximum absolute atomic E-state index is 12.9. The number of benzene rings is 1. The highest BCUT2D eigenvalue weighted by molar-refractivity contribution is 7.89. The first-order valence-corrected chi connectivity index (χ1v) is 10.9. The molecular formula is C20H23N4O4S+. The molecule has 29 heavy (non-hydrogen) atoms. The minimum atomic E-state index is -3.52. The third-order valence-electron chi connectivity index (χ3n) is 5.18. The normalized spacial score (nSPS) is 16.2. The van der Waals surface area contributed by atoms with Crippen molar-refractivity contribution in [1.82, 2.24) is 13.7 Å². The third-order valence-corrected chi connectivity index (χ3v) is 7.09. The Bertz CT molecular complexity index is 1170. The number of nitrogens with one attached hydrogen (secondary N) is 1. The Balaban J connectivity index is 1.43. The van der Waals surface area contributed by atoms with E-state index >= 15 is 0 Å². The van der Waals surface area contributed by atoms with E-state index < -0.39 is 10.0 Å². The van der Waals surface area contributed by atoms with Gasteiger partial charge in [0.05, 0.1) is 38.2 Å². The molecule has 0 radical (unpaired) electrons. The molecule has 0 saturated carbocycles. The van der Waals surface area contributed by atoms with E-state index in [0.717, 1.165) is 5.69 Å². The molecule has 0 unspecified atom stereocenters. The number of aromatic nitrogens is 2.